The normalized spacial score (nSPS) is 21.6. The fraction of sp³-hybridized carbons (Fsp3) is 0.565. The topological polar surface area (TPSA) is 18.5 Å². The van der Waals surface area contributed by atoms with Gasteiger partial charge >= 0.3 is 0 Å². The molecule has 0 aromatic heterocycles. The molecule has 0 spiro atoms. The van der Waals surface area contributed by atoms with Crippen molar-refractivity contribution in [2.45, 2.75) is 64.1 Å². The summed E-state index contributed by atoms with van der Waals surface area (Å²) < 4.78 is 54.3. The number of benzene rings is 1. The van der Waals surface area contributed by atoms with Crippen molar-refractivity contribution in [1.29, 1.82) is 0 Å². The molecule has 1 saturated heterocycles. The Kier molecular flexibility index (Phi) is 7.20. The molecule has 2 nitrogen and oxygen atoms in total. The van der Waals surface area contributed by atoms with E-state index in [1.807, 2.05) is 0 Å². The van der Waals surface area contributed by atoms with Gasteiger partial charge in [0.2, 0.25) is 0 Å². The van der Waals surface area contributed by atoms with Gasteiger partial charge in [0.05, 0.1) is 24.6 Å². The Bertz CT molecular complexity index is 747. The summed E-state index contributed by atoms with van der Waals surface area (Å²) in [5.74, 6) is 2.77. The highest BCUT2D eigenvalue weighted by Gasteiger charge is 2.37. The quantitative estimate of drug-likeness (QED) is 0.443. The van der Waals surface area contributed by atoms with Gasteiger partial charge in [0.1, 0.15) is 11.6 Å². The molecule has 2 aliphatic rings. The minimum absolute atomic E-state index is 0.0802. The van der Waals surface area contributed by atoms with Crippen LogP contribution in [0.2, 0.25) is 0 Å². The van der Waals surface area contributed by atoms with Crippen LogP contribution in [0.5, 0.6) is 0 Å². The number of hydrogen-bond donors (Lipinski definition) is 0. The number of hydrogen-bond acceptors (Lipinski definition) is 2. The van der Waals surface area contributed by atoms with E-state index in [0.717, 1.165) is 25.7 Å². The summed E-state index contributed by atoms with van der Waals surface area (Å²) in [5.41, 5.74) is 0.116. The standard InChI is InChI=1S/C23H27F3O2/c1-2-3-4-12-23(27-13-5-14-28-23)18-15-21(25)20(22(26)16-18)11-8-17-6-9-19(24)10-7-17/h9,15-17H,2-7,10,12-14H2,1H3. The third kappa shape index (κ3) is 4.98. The van der Waals surface area contributed by atoms with Gasteiger partial charge in [-0.3, -0.25) is 0 Å². The van der Waals surface area contributed by atoms with Crippen molar-refractivity contribution in [2.75, 3.05) is 13.2 Å². The largest absolute Gasteiger partial charge is 0.346 e. The highest BCUT2D eigenvalue weighted by Crippen LogP contribution is 2.37. The highest BCUT2D eigenvalue weighted by molar-refractivity contribution is 5.41. The molecule has 3 rings (SSSR count). The van der Waals surface area contributed by atoms with Crippen molar-refractivity contribution in [3.05, 3.63) is 46.8 Å². The van der Waals surface area contributed by atoms with E-state index >= 15 is 0 Å². The molecule has 0 N–H and O–H groups in total. The van der Waals surface area contributed by atoms with Crippen molar-refractivity contribution in [3.63, 3.8) is 0 Å². The van der Waals surface area contributed by atoms with E-state index in [9.17, 15) is 13.2 Å². The lowest BCUT2D eigenvalue weighted by Crippen LogP contribution is -2.38. The van der Waals surface area contributed by atoms with Crippen LogP contribution in [0, 0.1) is 29.4 Å². The van der Waals surface area contributed by atoms with E-state index in [1.54, 1.807) is 0 Å². The predicted molar refractivity (Wildman–Crippen MR) is 102 cm³/mol. The fourth-order valence-electron chi connectivity index (χ4n) is 3.66. The first kappa shape index (κ1) is 21.0. The molecule has 1 aliphatic carbocycles. The van der Waals surface area contributed by atoms with Crippen LogP contribution in [0.4, 0.5) is 13.2 Å². The number of allylic oxidation sites excluding steroid dienone is 2. The number of ether oxygens (including phenoxy) is 2. The Morgan fingerprint density at radius 1 is 1.11 bits per heavy atom. The first-order valence-electron chi connectivity index (χ1n) is 10.2. The summed E-state index contributed by atoms with van der Waals surface area (Å²) in [6.07, 6.45) is 7.08. The van der Waals surface area contributed by atoms with E-state index in [-0.39, 0.29) is 17.3 Å². The monoisotopic (exact) mass is 392 g/mol. The van der Waals surface area contributed by atoms with E-state index in [0.29, 0.717) is 44.5 Å². The molecule has 1 heterocycles. The molecule has 1 aromatic carbocycles. The number of unbranched alkanes of at least 4 members (excludes halogenated alkanes) is 2. The van der Waals surface area contributed by atoms with Gasteiger partial charge in [0.25, 0.3) is 0 Å². The molecule has 1 fully saturated rings. The Labute approximate surface area is 165 Å². The van der Waals surface area contributed by atoms with Crippen molar-refractivity contribution < 1.29 is 22.6 Å². The van der Waals surface area contributed by atoms with Crippen LogP contribution >= 0.6 is 0 Å². The summed E-state index contributed by atoms with van der Waals surface area (Å²) in [5, 5.41) is 0. The van der Waals surface area contributed by atoms with E-state index < -0.39 is 17.4 Å². The van der Waals surface area contributed by atoms with Crippen LogP contribution in [-0.2, 0) is 15.3 Å². The molecule has 0 radical (unpaired) electrons. The Morgan fingerprint density at radius 3 is 2.43 bits per heavy atom. The maximum Gasteiger partial charge on any atom is 0.194 e. The minimum atomic E-state index is -1.09. The van der Waals surface area contributed by atoms with E-state index in [2.05, 4.69) is 18.8 Å². The van der Waals surface area contributed by atoms with Gasteiger partial charge in [-0.2, -0.15) is 0 Å². The highest BCUT2D eigenvalue weighted by atomic mass is 19.1. The van der Waals surface area contributed by atoms with Crippen LogP contribution in [0.1, 0.15) is 69.4 Å². The van der Waals surface area contributed by atoms with Crippen molar-refractivity contribution in [2.24, 2.45) is 5.92 Å². The Morgan fingerprint density at radius 2 is 1.82 bits per heavy atom. The van der Waals surface area contributed by atoms with Gasteiger partial charge in [-0.15, -0.1) is 0 Å². The fourth-order valence-corrected chi connectivity index (χ4v) is 3.66. The molecular weight excluding hydrogens is 365 g/mol. The maximum atomic E-state index is 14.7. The summed E-state index contributed by atoms with van der Waals surface area (Å²) in [6, 6.07) is 2.57. The molecular formula is C23H27F3O2. The second kappa shape index (κ2) is 9.62. The maximum absolute atomic E-state index is 14.7. The van der Waals surface area contributed by atoms with Gasteiger partial charge in [0.15, 0.2) is 5.79 Å². The van der Waals surface area contributed by atoms with Crippen LogP contribution in [0.15, 0.2) is 24.0 Å². The van der Waals surface area contributed by atoms with Crippen LogP contribution in [0.25, 0.3) is 0 Å². The first-order valence-corrected chi connectivity index (χ1v) is 10.2. The number of rotatable bonds is 5. The second-order valence-corrected chi connectivity index (χ2v) is 7.47. The smallest absolute Gasteiger partial charge is 0.194 e. The van der Waals surface area contributed by atoms with Crippen LogP contribution in [0.3, 0.4) is 0 Å². The summed E-state index contributed by atoms with van der Waals surface area (Å²) in [4.78, 5) is 0. The Hall–Kier alpha value is -1.77. The first-order chi connectivity index (χ1) is 13.5. The zero-order chi connectivity index (χ0) is 20.0. The molecule has 0 saturated carbocycles. The third-order valence-electron chi connectivity index (χ3n) is 5.31. The number of halogens is 3. The van der Waals surface area contributed by atoms with Gasteiger partial charge in [-0.25, -0.2) is 13.2 Å². The summed E-state index contributed by atoms with van der Waals surface area (Å²) >= 11 is 0. The molecule has 152 valence electrons. The average molecular weight is 392 g/mol. The van der Waals surface area contributed by atoms with Gasteiger partial charge in [-0.05, 0) is 37.8 Å². The molecule has 0 amide bonds. The van der Waals surface area contributed by atoms with Crippen molar-refractivity contribution in [1.82, 2.24) is 0 Å². The Balaban J connectivity index is 1.83. The zero-order valence-corrected chi connectivity index (χ0v) is 16.3. The molecule has 28 heavy (non-hydrogen) atoms. The third-order valence-corrected chi connectivity index (χ3v) is 5.31. The lowest BCUT2D eigenvalue weighted by molar-refractivity contribution is -0.280. The van der Waals surface area contributed by atoms with Gasteiger partial charge < -0.3 is 9.47 Å². The summed E-state index contributed by atoms with van der Waals surface area (Å²) in [6.45, 7) is 3.10. The van der Waals surface area contributed by atoms with E-state index in [4.69, 9.17) is 9.47 Å². The minimum Gasteiger partial charge on any atom is -0.346 e. The van der Waals surface area contributed by atoms with Gasteiger partial charge in [0, 0.05) is 24.3 Å². The summed E-state index contributed by atoms with van der Waals surface area (Å²) in [7, 11) is 0. The van der Waals surface area contributed by atoms with Crippen LogP contribution in [-0.4, -0.2) is 13.2 Å². The van der Waals surface area contributed by atoms with E-state index in [1.165, 1.54) is 18.2 Å². The lowest BCUT2D eigenvalue weighted by Gasteiger charge is -2.38. The van der Waals surface area contributed by atoms with Gasteiger partial charge in [-0.1, -0.05) is 37.7 Å². The zero-order valence-electron chi connectivity index (χ0n) is 16.3. The van der Waals surface area contributed by atoms with Crippen molar-refractivity contribution in [3.8, 4) is 11.8 Å². The predicted octanol–water partition coefficient (Wildman–Crippen LogP) is 6.14. The molecule has 1 atom stereocenters. The molecule has 1 aliphatic heterocycles. The molecule has 0 bridgehead atoms. The van der Waals surface area contributed by atoms with Crippen molar-refractivity contribution >= 4 is 0 Å². The average Bonchev–Trinajstić information content (AvgIpc) is 2.69. The second-order valence-electron chi connectivity index (χ2n) is 7.47. The molecule has 1 unspecified atom stereocenters. The molecule has 1 aromatic rings. The lowest BCUT2D eigenvalue weighted by atomic mass is 9.93. The SMILES string of the molecule is CCCCCC1(c2cc(F)c(C#CC3CC=C(F)CC3)c(F)c2)OCCCO1. The molecule has 5 heteroatoms. The van der Waals surface area contributed by atoms with Crippen LogP contribution < -0.4 is 0 Å².